The normalized spacial score (nSPS) is 14.2. The SMILES string of the molecule is CC1(C)C(c2ccccc2)=Nc2c1ccc1c2c2ccccc2n1-c1cccc(-c2ccccc2)c1. The summed E-state index contributed by atoms with van der Waals surface area (Å²) in [6.07, 6.45) is 0. The molecule has 172 valence electrons. The first-order valence-corrected chi connectivity index (χ1v) is 12.5. The van der Waals surface area contributed by atoms with Crippen LogP contribution >= 0.6 is 0 Å². The number of aliphatic imine (C=N–C) groups is 1. The van der Waals surface area contributed by atoms with Crippen molar-refractivity contribution in [1.29, 1.82) is 0 Å². The number of rotatable bonds is 3. The first-order chi connectivity index (χ1) is 17.6. The molecule has 0 aliphatic carbocycles. The maximum Gasteiger partial charge on any atom is 0.0775 e. The lowest BCUT2D eigenvalue weighted by Gasteiger charge is -2.22. The molecule has 2 heteroatoms. The van der Waals surface area contributed by atoms with E-state index < -0.39 is 0 Å². The van der Waals surface area contributed by atoms with Crippen LogP contribution in [-0.4, -0.2) is 10.3 Å². The van der Waals surface area contributed by atoms with Crippen LogP contribution in [0.5, 0.6) is 0 Å². The third-order valence-corrected chi connectivity index (χ3v) is 7.56. The molecule has 2 nitrogen and oxygen atoms in total. The standard InChI is InChI=1S/C34H26N2/c1-34(2)28-20-21-30-31(32(28)35-33(34)24-14-7-4-8-15-24)27-18-9-10-19-29(27)36(30)26-17-11-16-25(22-26)23-12-5-3-6-13-23/h3-22H,1-2H3. The van der Waals surface area contributed by atoms with Gasteiger partial charge in [0.15, 0.2) is 0 Å². The molecule has 0 radical (unpaired) electrons. The first kappa shape index (κ1) is 20.9. The fraction of sp³-hybridized carbons (Fsp3) is 0.0882. The van der Waals surface area contributed by atoms with Gasteiger partial charge in [-0.3, -0.25) is 4.99 Å². The minimum absolute atomic E-state index is 0.165. The Morgan fingerprint density at radius 2 is 1.25 bits per heavy atom. The highest BCUT2D eigenvalue weighted by atomic mass is 15.0. The summed E-state index contributed by atoms with van der Waals surface area (Å²) in [5, 5.41) is 2.47. The van der Waals surface area contributed by atoms with E-state index in [-0.39, 0.29) is 5.41 Å². The summed E-state index contributed by atoms with van der Waals surface area (Å²) in [4.78, 5) is 5.33. The Hall–Kier alpha value is -4.43. The summed E-state index contributed by atoms with van der Waals surface area (Å²) in [6.45, 7) is 4.58. The van der Waals surface area contributed by atoms with Crippen molar-refractivity contribution in [2.45, 2.75) is 19.3 Å². The van der Waals surface area contributed by atoms with Crippen LogP contribution in [0.15, 0.2) is 126 Å². The lowest BCUT2D eigenvalue weighted by atomic mass is 9.78. The molecule has 0 bridgehead atoms. The van der Waals surface area contributed by atoms with Crippen molar-refractivity contribution in [3.05, 3.63) is 132 Å². The van der Waals surface area contributed by atoms with E-state index in [1.54, 1.807) is 0 Å². The Kier molecular flexibility index (Phi) is 4.52. The molecule has 0 saturated carbocycles. The second-order valence-electron chi connectivity index (χ2n) is 10.1. The average molecular weight is 463 g/mol. The summed E-state index contributed by atoms with van der Waals surface area (Å²) < 4.78 is 2.39. The van der Waals surface area contributed by atoms with Gasteiger partial charge in [0, 0.05) is 21.9 Å². The lowest BCUT2D eigenvalue weighted by Crippen LogP contribution is -2.26. The van der Waals surface area contributed by atoms with Crippen molar-refractivity contribution < 1.29 is 0 Å². The highest BCUT2D eigenvalue weighted by Gasteiger charge is 2.37. The number of benzene rings is 5. The molecular formula is C34H26N2. The molecule has 0 fully saturated rings. The predicted octanol–water partition coefficient (Wildman–Crippen LogP) is 8.86. The Morgan fingerprint density at radius 3 is 2.03 bits per heavy atom. The maximum absolute atomic E-state index is 5.33. The minimum Gasteiger partial charge on any atom is -0.309 e. The number of hydrogen-bond acceptors (Lipinski definition) is 1. The number of aromatic nitrogens is 1. The number of hydrogen-bond donors (Lipinski definition) is 0. The largest absolute Gasteiger partial charge is 0.309 e. The van der Waals surface area contributed by atoms with Gasteiger partial charge in [0.1, 0.15) is 0 Å². The molecule has 1 aromatic heterocycles. The summed E-state index contributed by atoms with van der Waals surface area (Å²) in [7, 11) is 0. The fourth-order valence-corrected chi connectivity index (χ4v) is 5.80. The number of para-hydroxylation sites is 1. The Labute approximate surface area is 211 Å². The van der Waals surface area contributed by atoms with Gasteiger partial charge in [-0.15, -0.1) is 0 Å². The van der Waals surface area contributed by atoms with Crippen molar-refractivity contribution in [2.75, 3.05) is 0 Å². The van der Waals surface area contributed by atoms with Crippen LogP contribution in [-0.2, 0) is 5.41 Å². The van der Waals surface area contributed by atoms with Gasteiger partial charge >= 0.3 is 0 Å². The lowest BCUT2D eigenvalue weighted by molar-refractivity contribution is 0.738. The smallest absolute Gasteiger partial charge is 0.0775 e. The van der Waals surface area contributed by atoms with Gasteiger partial charge in [0.2, 0.25) is 0 Å². The van der Waals surface area contributed by atoms with E-state index in [1.807, 2.05) is 0 Å². The Bertz CT molecular complexity index is 1790. The van der Waals surface area contributed by atoms with E-state index in [0.29, 0.717) is 0 Å². The van der Waals surface area contributed by atoms with Crippen molar-refractivity contribution in [3.63, 3.8) is 0 Å². The minimum atomic E-state index is -0.165. The van der Waals surface area contributed by atoms with E-state index in [0.717, 1.165) is 17.1 Å². The highest BCUT2D eigenvalue weighted by molar-refractivity contribution is 6.21. The zero-order chi connectivity index (χ0) is 24.3. The average Bonchev–Trinajstić information content (AvgIpc) is 3.41. The summed E-state index contributed by atoms with van der Waals surface area (Å²) in [5.41, 5.74) is 10.5. The molecule has 36 heavy (non-hydrogen) atoms. The molecular weight excluding hydrogens is 436 g/mol. The van der Waals surface area contributed by atoms with Gasteiger partial charge < -0.3 is 4.57 Å². The van der Waals surface area contributed by atoms with Crippen LogP contribution in [0.4, 0.5) is 5.69 Å². The van der Waals surface area contributed by atoms with E-state index >= 15 is 0 Å². The van der Waals surface area contributed by atoms with Gasteiger partial charge in [0.05, 0.1) is 22.4 Å². The van der Waals surface area contributed by atoms with Crippen LogP contribution in [0.25, 0.3) is 38.6 Å². The maximum atomic E-state index is 5.33. The van der Waals surface area contributed by atoms with Gasteiger partial charge in [-0.05, 0) is 46.5 Å². The van der Waals surface area contributed by atoms with Gasteiger partial charge in [-0.25, -0.2) is 0 Å². The van der Waals surface area contributed by atoms with E-state index in [1.165, 1.54) is 44.1 Å². The molecule has 0 saturated heterocycles. The molecule has 0 N–H and O–H groups in total. The molecule has 0 atom stereocenters. The van der Waals surface area contributed by atoms with Crippen LogP contribution in [0.2, 0.25) is 0 Å². The zero-order valence-corrected chi connectivity index (χ0v) is 20.4. The molecule has 1 aliphatic rings. The second-order valence-corrected chi connectivity index (χ2v) is 10.1. The van der Waals surface area contributed by atoms with Crippen molar-refractivity contribution in [2.24, 2.45) is 4.99 Å². The summed E-state index contributed by atoms with van der Waals surface area (Å²) >= 11 is 0. The monoisotopic (exact) mass is 462 g/mol. The van der Waals surface area contributed by atoms with Crippen molar-refractivity contribution >= 4 is 33.2 Å². The number of nitrogens with zero attached hydrogens (tertiary/aromatic N) is 2. The van der Waals surface area contributed by atoms with Crippen LogP contribution in [0, 0.1) is 0 Å². The quantitative estimate of drug-likeness (QED) is 0.250. The zero-order valence-electron chi connectivity index (χ0n) is 20.4. The van der Waals surface area contributed by atoms with Crippen LogP contribution < -0.4 is 0 Å². The molecule has 1 aliphatic heterocycles. The van der Waals surface area contributed by atoms with Gasteiger partial charge in [0.25, 0.3) is 0 Å². The fourth-order valence-electron chi connectivity index (χ4n) is 5.80. The molecule has 6 aromatic rings. The molecule has 7 rings (SSSR count). The third kappa shape index (κ3) is 3.01. The van der Waals surface area contributed by atoms with Crippen LogP contribution in [0.1, 0.15) is 25.0 Å². The van der Waals surface area contributed by atoms with E-state index in [4.69, 9.17) is 4.99 Å². The molecule has 0 spiro atoms. The predicted molar refractivity (Wildman–Crippen MR) is 152 cm³/mol. The molecule has 5 aromatic carbocycles. The molecule has 0 amide bonds. The second kappa shape index (κ2) is 7.79. The van der Waals surface area contributed by atoms with Crippen molar-refractivity contribution in [3.8, 4) is 16.8 Å². The van der Waals surface area contributed by atoms with Gasteiger partial charge in [-0.2, -0.15) is 0 Å². The van der Waals surface area contributed by atoms with E-state index in [9.17, 15) is 0 Å². The Balaban J connectivity index is 1.52. The van der Waals surface area contributed by atoms with E-state index in [2.05, 4.69) is 140 Å². The first-order valence-electron chi connectivity index (χ1n) is 12.5. The van der Waals surface area contributed by atoms with Crippen molar-refractivity contribution in [1.82, 2.24) is 4.57 Å². The van der Waals surface area contributed by atoms with Gasteiger partial charge in [-0.1, -0.05) is 111 Å². The third-order valence-electron chi connectivity index (χ3n) is 7.56. The van der Waals surface area contributed by atoms with Crippen LogP contribution in [0.3, 0.4) is 0 Å². The number of fused-ring (bicyclic) bond motifs is 5. The molecule has 2 heterocycles. The summed E-state index contributed by atoms with van der Waals surface area (Å²) in [6, 6.07) is 43.3. The Morgan fingerprint density at radius 1 is 0.583 bits per heavy atom. The molecule has 0 unspecified atom stereocenters. The topological polar surface area (TPSA) is 17.3 Å². The summed E-state index contributed by atoms with van der Waals surface area (Å²) in [5.74, 6) is 0. The highest BCUT2D eigenvalue weighted by Crippen LogP contribution is 2.48.